The highest BCUT2D eigenvalue weighted by Gasteiger charge is 2.28. The van der Waals surface area contributed by atoms with Crippen LogP contribution >= 0.6 is 11.6 Å². The first-order valence-corrected chi connectivity index (χ1v) is 9.61. The Balaban J connectivity index is 1.62. The largest absolute Gasteiger partial charge is 0.481 e. The quantitative estimate of drug-likeness (QED) is 0.786. The Morgan fingerprint density at radius 2 is 1.74 bits per heavy atom. The molecule has 0 spiro atoms. The summed E-state index contributed by atoms with van der Waals surface area (Å²) in [6.07, 6.45) is 3.58. The van der Waals surface area contributed by atoms with Gasteiger partial charge in [-0.25, -0.2) is 9.97 Å². The Morgan fingerprint density at radius 3 is 2.30 bits per heavy atom. The molecule has 2 aromatic rings. The van der Waals surface area contributed by atoms with E-state index in [0.717, 1.165) is 16.1 Å². The van der Waals surface area contributed by atoms with Crippen molar-refractivity contribution in [3.05, 3.63) is 46.7 Å². The second kappa shape index (κ2) is 8.57. The van der Waals surface area contributed by atoms with Gasteiger partial charge < -0.3 is 14.5 Å². The molecule has 1 atom stereocenters. The summed E-state index contributed by atoms with van der Waals surface area (Å²) in [5, 5.41) is 0.737. The first kappa shape index (κ1) is 19.4. The van der Waals surface area contributed by atoms with Gasteiger partial charge in [-0.05, 0) is 49.6 Å². The molecule has 0 bridgehead atoms. The summed E-state index contributed by atoms with van der Waals surface area (Å²) in [4.78, 5) is 25.5. The fourth-order valence-electron chi connectivity index (χ4n) is 3.23. The highest BCUT2D eigenvalue weighted by Crippen LogP contribution is 2.27. The summed E-state index contributed by atoms with van der Waals surface area (Å²) in [7, 11) is 0. The molecule has 0 N–H and O–H groups in total. The third-order valence-corrected chi connectivity index (χ3v) is 5.36. The lowest BCUT2D eigenvalue weighted by atomic mass is 10.1. The summed E-state index contributed by atoms with van der Waals surface area (Å²) in [6.45, 7) is 8.54. The van der Waals surface area contributed by atoms with Gasteiger partial charge >= 0.3 is 0 Å². The van der Waals surface area contributed by atoms with Gasteiger partial charge in [-0.2, -0.15) is 0 Å². The van der Waals surface area contributed by atoms with E-state index < -0.39 is 6.10 Å². The average Bonchev–Trinajstić information content (AvgIpc) is 2.70. The molecule has 0 unspecified atom stereocenters. The van der Waals surface area contributed by atoms with Gasteiger partial charge in [-0.15, -0.1) is 0 Å². The lowest BCUT2D eigenvalue weighted by Crippen LogP contribution is -2.52. The summed E-state index contributed by atoms with van der Waals surface area (Å²) >= 11 is 6.22. The summed E-state index contributed by atoms with van der Waals surface area (Å²) in [6, 6.07) is 5.57. The smallest absolute Gasteiger partial charge is 0.263 e. The van der Waals surface area contributed by atoms with Gasteiger partial charge in [0, 0.05) is 43.6 Å². The number of hydrogen-bond acceptors (Lipinski definition) is 5. The first-order valence-electron chi connectivity index (χ1n) is 9.23. The summed E-state index contributed by atoms with van der Waals surface area (Å²) < 4.78 is 6.02. The predicted octanol–water partition coefficient (Wildman–Crippen LogP) is 3.25. The van der Waals surface area contributed by atoms with Crippen LogP contribution < -0.4 is 9.64 Å². The number of piperazine rings is 1. The normalized spacial score (nSPS) is 15.6. The number of aryl methyl sites for hydroxylation is 2. The minimum Gasteiger partial charge on any atom is -0.481 e. The van der Waals surface area contributed by atoms with Crippen molar-refractivity contribution >= 4 is 23.5 Å². The molecule has 27 heavy (non-hydrogen) atoms. The van der Waals surface area contributed by atoms with Crippen LogP contribution in [0.3, 0.4) is 0 Å². The van der Waals surface area contributed by atoms with Crippen LogP contribution in [0.25, 0.3) is 0 Å². The monoisotopic (exact) mass is 388 g/mol. The molecule has 1 aliphatic heterocycles. The second-order valence-electron chi connectivity index (χ2n) is 6.75. The third-order valence-electron chi connectivity index (χ3n) is 4.76. The molecule has 1 saturated heterocycles. The molecule has 144 valence electrons. The Hall–Kier alpha value is -2.34. The Morgan fingerprint density at radius 1 is 1.15 bits per heavy atom. The van der Waals surface area contributed by atoms with Crippen molar-refractivity contribution in [2.24, 2.45) is 0 Å². The van der Waals surface area contributed by atoms with Gasteiger partial charge in [0.05, 0.1) is 0 Å². The highest BCUT2D eigenvalue weighted by atomic mass is 35.5. The number of halogens is 1. The fraction of sp³-hybridized carbons (Fsp3) is 0.450. The van der Waals surface area contributed by atoms with E-state index in [1.54, 1.807) is 18.5 Å². The maximum absolute atomic E-state index is 12.9. The molecular formula is C20H25ClN4O2. The number of ether oxygens (including phenoxy) is 1. The number of aromatic nitrogens is 2. The Labute approximate surface area is 165 Å². The van der Waals surface area contributed by atoms with Gasteiger partial charge in [0.15, 0.2) is 6.10 Å². The third kappa shape index (κ3) is 4.50. The van der Waals surface area contributed by atoms with E-state index in [1.165, 1.54) is 0 Å². The van der Waals surface area contributed by atoms with Crippen LogP contribution in [0.4, 0.5) is 5.95 Å². The van der Waals surface area contributed by atoms with Crippen LogP contribution in [0.15, 0.2) is 30.6 Å². The maximum Gasteiger partial charge on any atom is 0.263 e. The van der Waals surface area contributed by atoms with Gasteiger partial charge in [0.2, 0.25) is 5.95 Å². The molecule has 0 radical (unpaired) electrons. The number of hydrogen-bond donors (Lipinski definition) is 0. The zero-order valence-corrected chi connectivity index (χ0v) is 16.7. The maximum atomic E-state index is 12.9. The van der Waals surface area contributed by atoms with E-state index in [-0.39, 0.29) is 5.91 Å². The SMILES string of the molecule is CC[C@H](Oc1cc(C)c(Cl)c(C)c1)C(=O)N1CCN(c2ncccn2)CC1. The standard InChI is InChI=1S/C20H25ClN4O2/c1-4-17(27-16-12-14(2)18(21)15(3)13-16)19(26)24-8-10-25(11-9-24)20-22-6-5-7-23-20/h5-7,12-13,17H,4,8-11H2,1-3H3/t17-/m0/s1. The molecule has 1 aliphatic rings. The molecule has 7 heteroatoms. The van der Waals surface area contributed by atoms with Crippen molar-refractivity contribution in [2.75, 3.05) is 31.1 Å². The number of nitrogens with zero attached hydrogens (tertiary/aromatic N) is 4. The fourth-order valence-corrected chi connectivity index (χ4v) is 3.34. The first-order chi connectivity index (χ1) is 13.0. The molecule has 0 aliphatic carbocycles. The zero-order chi connectivity index (χ0) is 19.4. The van der Waals surface area contributed by atoms with Crippen LogP contribution in [0, 0.1) is 13.8 Å². The molecular weight excluding hydrogens is 364 g/mol. The van der Waals surface area contributed by atoms with Crippen LogP contribution in [0.5, 0.6) is 5.75 Å². The van der Waals surface area contributed by atoms with Crippen LogP contribution in [0.2, 0.25) is 5.02 Å². The van der Waals surface area contributed by atoms with E-state index in [2.05, 4.69) is 14.9 Å². The molecule has 1 aromatic carbocycles. The number of carbonyl (C=O) groups excluding carboxylic acids is 1. The molecule has 2 heterocycles. The van der Waals surface area contributed by atoms with Crippen molar-refractivity contribution in [1.29, 1.82) is 0 Å². The van der Waals surface area contributed by atoms with E-state index in [1.807, 2.05) is 37.8 Å². The lowest BCUT2D eigenvalue weighted by molar-refractivity contribution is -0.139. The number of anilines is 1. The van der Waals surface area contributed by atoms with Crippen molar-refractivity contribution in [3.8, 4) is 5.75 Å². The van der Waals surface area contributed by atoms with E-state index in [0.29, 0.717) is 44.3 Å². The second-order valence-corrected chi connectivity index (χ2v) is 7.12. The van der Waals surface area contributed by atoms with E-state index in [9.17, 15) is 4.79 Å². The van der Waals surface area contributed by atoms with Gasteiger partial charge in [0.1, 0.15) is 5.75 Å². The van der Waals surface area contributed by atoms with Crippen molar-refractivity contribution in [3.63, 3.8) is 0 Å². The average molecular weight is 389 g/mol. The number of carbonyl (C=O) groups is 1. The molecule has 6 nitrogen and oxygen atoms in total. The van der Waals surface area contributed by atoms with Crippen molar-refractivity contribution in [1.82, 2.24) is 14.9 Å². The Kier molecular flexibility index (Phi) is 6.16. The summed E-state index contributed by atoms with van der Waals surface area (Å²) in [5.41, 5.74) is 1.90. The molecule has 0 saturated carbocycles. The number of rotatable bonds is 5. The lowest BCUT2D eigenvalue weighted by Gasteiger charge is -2.36. The minimum absolute atomic E-state index is 0.0244. The van der Waals surface area contributed by atoms with Gasteiger partial charge in [-0.1, -0.05) is 18.5 Å². The van der Waals surface area contributed by atoms with Crippen LogP contribution in [-0.4, -0.2) is 53.1 Å². The molecule has 1 amide bonds. The Bertz CT molecular complexity index is 769. The molecule has 1 fully saturated rings. The molecule has 1 aromatic heterocycles. The zero-order valence-electron chi connectivity index (χ0n) is 16.0. The van der Waals surface area contributed by atoms with Gasteiger partial charge in [-0.3, -0.25) is 4.79 Å². The number of amides is 1. The highest BCUT2D eigenvalue weighted by molar-refractivity contribution is 6.32. The predicted molar refractivity (Wildman–Crippen MR) is 106 cm³/mol. The summed E-state index contributed by atoms with van der Waals surface area (Å²) in [5.74, 6) is 1.42. The van der Waals surface area contributed by atoms with E-state index >= 15 is 0 Å². The topological polar surface area (TPSA) is 58.6 Å². The molecule has 3 rings (SSSR count). The van der Waals surface area contributed by atoms with Gasteiger partial charge in [0.25, 0.3) is 5.91 Å². The van der Waals surface area contributed by atoms with Crippen molar-refractivity contribution in [2.45, 2.75) is 33.3 Å². The van der Waals surface area contributed by atoms with E-state index in [4.69, 9.17) is 16.3 Å². The number of benzene rings is 1. The van der Waals surface area contributed by atoms with Crippen molar-refractivity contribution < 1.29 is 9.53 Å². The van der Waals surface area contributed by atoms with Crippen LogP contribution in [-0.2, 0) is 4.79 Å². The van der Waals surface area contributed by atoms with Crippen LogP contribution in [0.1, 0.15) is 24.5 Å². The minimum atomic E-state index is -0.496.